The van der Waals surface area contributed by atoms with Gasteiger partial charge in [0.2, 0.25) is 0 Å². The van der Waals surface area contributed by atoms with Crippen molar-refractivity contribution in [3.8, 4) is 11.5 Å². The van der Waals surface area contributed by atoms with Gasteiger partial charge in [0.15, 0.2) is 11.4 Å². The molecule has 0 unspecified atom stereocenters. The lowest BCUT2D eigenvalue weighted by molar-refractivity contribution is 0.0763. The number of aromatic nitrogens is 3. The van der Waals surface area contributed by atoms with Crippen LogP contribution in [-0.2, 0) is 7.05 Å². The number of nitrogens with zero attached hydrogens (tertiary/aromatic N) is 4. The van der Waals surface area contributed by atoms with E-state index in [0.717, 1.165) is 37.0 Å². The largest absolute Gasteiger partial charge is 0.463 e. The van der Waals surface area contributed by atoms with Crippen molar-refractivity contribution in [1.29, 1.82) is 0 Å². The number of likely N-dealkylation sites (tertiary alicyclic amines) is 1. The van der Waals surface area contributed by atoms with E-state index in [2.05, 4.69) is 10.1 Å². The fourth-order valence-electron chi connectivity index (χ4n) is 3.61. The molecule has 0 spiro atoms. The highest BCUT2D eigenvalue weighted by molar-refractivity contribution is 6.07. The maximum absolute atomic E-state index is 13.3. The van der Waals surface area contributed by atoms with Crippen LogP contribution in [0.4, 0.5) is 0 Å². The number of pyridine rings is 1. The molecule has 6 heteroatoms. The second-order valence-electron chi connectivity index (χ2n) is 6.65. The average molecular weight is 338 g/mol. The van der Waals surface area contributed by atoms with Crippen molar-refractivity contribution >= 4 is 16.9 Å². The topological polar surface area (TPSA) is 64.2 Å². The van der Waals surface area contributed by atoms with Crippen LogP contribution < -0.4 is 0 Å². The Bertz CT molecular complexity index is 903. The Hall–Kier alpha value is -2.63. The van der Waals surface area contributed by atoms with Gasteiger partial charge < -0.3 is 9.32 Å². The molecule has 1 fully saturated rings. The van der Waals surface area contributed by atoms with Gasteiger partial charge in [0.25, 0.3) is 5.91 Å². The molecule has 0 atom stereocenters. The van der Waals surface area contributed by atoms with E-state index in [-0.39, 0.29) is 5.91 Å². The number of aryl methyl sites for hydroxylation is 2. The molecule has 0 radical (unpaired) electrons. The summed E-state index contributed by atoms with van der Waals surface area (Å²) in [5.74, 6) is 0.726. The zero-order valence-corrected chi connectivity index (χ0v) is 14.7. The smallest absolute Gasteiger partial charge is 0.254 e. The number of hydrogen-bond acceptors (Lipinski definition) is 4. The van der Waals surface area contributed by atoms with Crippen LogP contribution >= 0.6 is 0 Å². The molecule has 0 saturated carbocycles. The van der Waals surface area contributed by atoms with Crippen LogP contribution in [0.3, 0.4) is 0 Å². The van der Waals surface area contributed by atoms with E-state index in [1.165, 1.54) is 12.8 Å². The molecule has 1 aliphatic rings. The summed E-state index contributed by atoms with van der Waals surface area (Å²) in [4.78, 5) is 19.9. The first-order valence-corrected chi connectivity index (χ1v) is 8.82. The lowest BCUT2D eigenvalue weighted by Crippen LogP contribution is -2.32. The van der Waals surface area contributed by atoms with Gasteiger partial charge in [-0.3, -0.25) is 9.48 Å². The first-order valence-electron chi connectivity index (χ1n) is 8.82. The number of carbonyl (C=O) groups is 1. The van der Waals surface area contributed by atoms with Crippen LogP contribution in [0.1, 0.15) is 41.7 Å². The summed E-state index contributed by atoms with van der Waals surface area (Å²) in [6.07, 6.45) is 6.14. The van der Waals surface area contributed by atoms with Gasteiger partial charge in [-0.05, 0) is 38.0 Å². The van der Waals surface area contributed by atoms with Gasteiger partial charge in [0, 0.05) is 20.1 Å². The van der Waals surface area contributed by atoms with E-state index in [1.807, 2.05) is 37.1 Å². The van der Waals surface area contributed by atoms with E-state index in [9.17, 15) is 4.79 Å². The normalized spacial score (nSPS) is 15.5. The number of rotatable bonds is 2. The second kappa shape index (κ2) is 6.35. The number of hydrogen-bond donors (Lipinski definition) is 0. The molecule has 6 nitrogen and oxygen atoms in total. The zero-order valence-electron chi connectivity index (χ0n) is 14.7. The van der Waals surface area contributed by atoms with Crippen molar-refractivity contribution in [3.05, 3.63) is 35.7 Å². The Morgan fingerprint density at radius 1 is 1.20 bits per heavy atom. The highest BCUT2D eigenvalue weighted by atomic mass is 16.3. The summed E-state index contributed by atoms with van der Waals surface area (Å²) in [5.41, 5.74) is 2.88. The van der Waals surface area contributed by atoms with Crippen LogP contribution in [-0.4, -0.2) is 38.7 Å². The Balaban J connectivity index is 1.87. The van der Waals surface area contributed by atoms with Crippen molar-refractivity contribution in [3.63, 3.8) is 0 Å². The van der Waals surface area contributed by atoms with Gasteiger partial charge in [0.1, 0.15) is 5.69 Å². The van der Waals surface area contributed by atoms with E-state index in [4.69, 9.17) is 4.42 Å². The van der Waals surface area contributed by atoms with Crippen LogP contribution in [0, 0.1) is 6.92 Å². The zero-order chi connectivity index (χ0) is 17.4. The van der Waals surface area contributed by atoms with Crippen molar-refractivity contribution < 1.29 is 9.21 Å². The van der Waals surface area contributed by atoms with Gasteiger partial charge in [-0.15, -0.1) is 0 Å². The van der Waals surface area contributed by atoms with Crippen molar-refractivity contribution in [2.24, 2.45) is 7.05 Å². The van der Waals surface area contributed by atoms with Crippen LogP contribution in [0.2, 0.25) is 0 Å². The fraction of sp³-hybridized carbons (Fsp3) is 0.421. The number of fused-ring (bicyclic) bond motifs is 1. The third kappa shape index (κ3) is 2.81. The van der Waals surface area contributed by atoms with Crippen molar-refractivity contribution in [2.75, 3.05) is 13.1 Å². The molecule has 1 amide bonds. The molecule has 1 saturated heterocycles. The number of carbonyl (C=O) groups excluding carboxylic acids is 1. The van der Waals surface area contributed by atoms with Gasteiger partial charge in [-0.25, -0.2) is 4.98 Å². The minimum absolute atomic E-state index is 0.0678. The lowest BCUT2D eigenvalue weighted by Gasteiger charge is -2.21. The summed E-state index contributed by atoms with van der Waals surface area (Å²) in [5, 5.41) is 5.31. The van der Waals surface area contributed by atoms with Gasteiger partial charge in [-0.2, -0.15) is 5.10 Å². The SMILES string of the molecule is Cc1nn(C)c2nc(-c3ccco3)cc(C(=O)N3CCCCCC3)c12. The predicted octanol–water partition coefficient (Wildman–Crippen LogP) is 3.55. The molecule has 0 aliphatic carbocycles. The minimum Gasteiger partial charge on any atom is -0.463 e. The van der Waals surface area contributed by atoms with Crippen LogP contribution in [0.25, 0.3) is 22.5 Å². The molecule has 0 N–H and O–H groups in total. The van der Waals surface area contributed by atoms with Gasteiger partial charge in [0.05, 0.1) is 22.9 Å². The highest BCUT2D eigenvalue weighted by Gasteiger charge is 2.24. The van der Waals surface area contributed by atoms with Gasteiger partial charge >= 0.3 is 0 Å². The standard InChI is InChI=1S/C19H22N4O2/c1-13-17-14(19(24)23-9-5-3-4-6-10-23)12-15(16-8-7-11-25-16)20-18(17)22(2)21-13/h7-8,11-12H,3-6,9-10H2,1-2H3. The molecule has 3 aromatic rings. The molecule has 130 valence electrons. The van der Waals surface area contributed by atoms with E-state index >= 15 is 0 Å². The Labute approximate surface area is 146 Å². The Morgan fingerprint density at radius 3 is 2.64 bits per heavy atom. The summed E-state index contributed by atoms with van der Waals surface area (Å²) in [6.45, 7) is 3.56. The molecule has 0 aromatic carbocycles. The molecule has 1 aliphatic heterocycles. The Kier molecular flexibility index (Phi) is 4.03. The lowest BCUT2D eigenvalue weighted by atomic mass is 10.1. The average Bonchev–Trinajstić information content (AvgIpc) is 3.14. The van der Waals surface area contributed by atoms with E-state index < -0.39 is 0 Å². The number of amides is 1. The molecular formula is C19H22N4O2. The third-order valence-corrected chi connectivity index (χ3v) is 4.87. The molecular weight excluding hydrogens is 316 g/mol. The van der Waals surface area contributed by atoms with Gasteiger partial charge in [-0.1, -0.05) is 12.8 Å². The van der Waals surface area contributed by atoms with Crippen molar-refractivity contribution in [2.45, 2.75) is 32.6 Å². The maximum Gasteiger partial charge on any atom is 0.254 e. The molecule has 0 bridgehead atoms. The fourth-order valence-corrected chi connectivity index (χ4v) is 3.61. The summed E-state index contributed by atoms with van der Waals surface area (Å²) >= 11 is 0. The summed E-state index contributed by atoms with van der Waals surface area (Å²) < 4.78 is 7.23. The second-order valence-corrected chi connectivity index (χ2v) is 6.65. The summed E-state index contributed by atoms with van der Waals surface area (Å²) in [7, 11) is 1.86. The summed E-state index contributed by atoms with van der Waals surface area (Å²) in [6, 6.07) is 5.53. The van der Waals surface area contributed by atoms with Crippen LogP contribution in [0.5, 0.6) is 0 Å². The number of furan rings is 1. The third-order valence-electron chi connectivity index (χ3n) is 4.87. The molecule has 4 heterocycles. The quantitative estimate of drug-likeness (QED) is 0.717. The first kappa shape index (κ1) is 15.9. The molecule has 3 aromatic heterocycles. The Morgan fingerprint density at radius 2 is 1.96 bits per heavy atom. The maximum atomic E-state index is 13.3. The van der Waals surface area contributed by atoms with Crippen LogP contribution in [0.15, 0.2) is 28.9 Å². The van der Waals surface area contributed by atoms with E-state index in [1.54, 1.807) is 10.9 Å². The highest BCUT2D eigenvalue weighted by Crippen LogP contribution is 2.28. The minimum atomic E-state index is 0.0678. The first-order chi connectivity index (χ1) is 12.1. The monoisotopic (exact) mass is 338 g/mol. The van der Waals surface area contributed by atoms with Crippen molar-refractivity contribution in [1.82, 2.24) is 19.7 Å². The molecule has 4 rings (SSSR count). The molecule has 25 heavy (non-hydrogen) atoms. The predicted molar refractivity (Wildman–Crippen MR) is 95.3 cm³/mol. The van der Waals surface area contributed by atoms with E-state index in [0.29, 0.717) is 22.7 Å².